The molecule has 0 saturated heterocycles. The van der Waals surface area contributed by atoms with Crippen molar-refractivity contribution in [2.75, 3.05) is 0 Å². The zero-order valence-electron chi connectivity index (χ0n) is 24.3. The molecule has 0 aliphatic carbocycles. The fourth-order valence-corrected chi connectivity index (χ4v) is 4.95. The van der Waals surface area contributed by atoms with E-state index in [-0.39, 0.29) is 18.5 Å². The van der Waals surface area contributed by atoms with Crippen molar-refractivity contribution in [2.45, 2.75) is 193 Å². The minimum Gasteiger partial charge on any atom is -0.481 e. The van der Waals surface area contributed by atoms with Gasteiger partial charge in [-0.2, -0.15) is 0 Å². The molecule has 0 bridgehead atoms. The zero-order valence-corrected chi connectivity index (χ0v) is 24.3. The molecule has 0 radical (unpaired) electrons. The van der Waals surface area contributed by atoms with Crippen molar-refractivity contribution in [3.8, 4) is 0 Å². The Morgan fingerprint density at radius 3 is 1.22 bits per heavy atom. The molecular formula is C32H62O4. The van der Waals surface area contributed by atoms with Crippen LogP contribution in [0.15, 0.2) is 0 Å². The normalized spacial score (nSPS) is 12.1. The molecule has 0 aromatic rings. The van der Waals surface area contributed by atoms with Gasteiger partial charge in [-0.3, -0.25) is 9.59 Å². The van der Waals surface area contributed by atoms with Crippen LogP contribution in [0.1, 0.15) is 187 Å². The van der Waals surface area contributed by atoms with Gasteiger partial charge in [0.05, 0.1) is 0 Å². The summed E-state index contributed by atoms with van der Waals surface area (Å²) >= 11 is 0. The number of hydrogen-bond acceptors (Lipinski definition) is 3. The molecule has 0 heterocycles. The van der Waals surface area contributed by atoms with Gasteiger partial charge in [0.25, 0.3) is 0 Å². The van der Waals surface area contributed by atoms with Gasteiger partial charge in [0.1, 0.15) is 6.10 Å². The second kappa shape index (κ2) is 28.5. The summed E-state index contributed by atoms with van der Waals surface area (Å²) in [4.78, 5) is 23.1. The van der Waals surface area contributed by atoms with Crippen LogP contribution >= 0.6 is 0 Å². The molecule has 4 heteroatoms. The van der Waals surface area contributed by atoms with Gasteiger partial charge in [0.15, 0.2) is 0 Å². The van der Waals surface area contributed by atoms with Gasteiger partial charge in [-0.25, -0.2) is 0 Å². The number of aliphatic carboxylic acids is 1. The van der Waals surface area contributed by atoms with Crippen LogP contribution in [0.3, 0.4) is 0 Å². The number of carbonyl (C=O) groups is 2. The van der Waals surface area contributed by atoms with Crippen LogP contribution in [-0.2, 0) is 14.3 Å². The Hall–Kier alpha value is -1.06. The highest BCUT2D eigenvalue weighted by molar-refractivity contribution is 5.69. The maximum Gasteiger partial charge on any atom is 0.306 e. The average molecular weight is 511 g/mol. The molecule has 4 nitrogen and oxygen atoms in total. The summed E-state index contributed by atoms with van der Waals surface area (Å²) in [6.07, 6.45) is 31.1. The van der Waals surface area contributed by atoms with Crippen molar-refractivity contribution in [2.24, 2.45) is 0 Å². The van der Waals surface area contributed by atoms with Gasteiger partial charge < -0.3 is 9.84 Å². The Morgan fingerprint density at radius 2 is 0.833 bits per heavy atom. The largest absolute Gasteiger partial charge is 0.481 e. The highest BCUT2D eigenvalue weighted by Gasteiger charge is 2.14. The van der Waals surface area contributed by atoms with Gasteiger partial charge in [-0.05, 0) is 38.5 Å². The Labute approximate surface area is 224 Å². The van der Waals surface area contributed by atoms with E-state index in [0.717, 1.165) is 64.2 Å². The third-order valence-electron chi connectivity index (χ3n) is 7.33. The molecule has 0 rings (SSSR count). The fraction of sp³-hybridized carbons (Fsp3) is 0.938. The van der Waals surface area contributed by atoms with E-state index in [2.05, 4.69) is 13.8 Å². The predicted octanol–water partition coefficient (Wildman–Crippen LogP) is 10.6. The lowest BCUT2D eigenvalue weighted by Gasteiger charge is -2.18. The van der Waals surface area contributed by atoms with Crippen molar-refractivity contribution in [1.29, 1.82) is 0 Å². The van der Waals surface area contributed by atoms with Crippen molar-refractivity contribution in [3.63, 3.8) is 0 Å². The first-order valence-corrected chi connectivity index (χ1v) is 16.0. The number of ether oxygens (including phenoxy) is 1. The number of carbonyl (C=O) groups excluding carboxylic acids is 1. The van der Waals surface area contributed by atoms with Crippen LogP contribution in [0.5, 0.6) is 0 Å². The third-order valence-corrected chi connectivity index (χ3v) is 7.33. The van der Waals surface area contributed by atoms with Crippen LogP contribution in [0.4, 0.5) is 0 Å². The van der Waals surface area contributed by atoms with Gasteiger partial charge in [-0.1, -0.05) is 136 Å². The van der Waals surface area contributed by atoms with E-state index >= 15 is 0 Å². The molecular weight excluding hydrogens is 448 g/mol. The molecule has 1 unspecified atom stereocenters. The summed E-state index contributed by atoms with van der Waals surface area (Å²) in [5, 5.41) is 8.75. The molecule has 0 saturated carbocycles. The van der Waals surface area contributed by atoms with Crippen LogP contribution in [0, 0.1) is 0 Å². The molecule has 1 atom stereocenters. The standard InChI is InChI=1S/C32H62O4/c1-3-5-7-9-11-12-13-14-16-18-22-26-30(27-23-19-17-20-24-28-31(33)34)36-32(35)29-25-21-15-10-8-6-4-2/h30H,3-29H2,1-2H3,(H,33,34). The van der Waals surface area contributed by atoms with E-state index in [0.29, 0.717) is 6.42 Å². The SMILES string of the molecule is CCCCCCCCCCCCCC(CCCCCCCC(=O)O)OC(=O)CCCCCCCCC. The summed E-state index contributed by atoms with van der Waals surface area (Å²) in [5.41, 5.74) is 0. The summed E-state index contributed by atoms with van der Waals surface area (Å²) in [6, 6.07) is 0. The van der Waals surface area contributed by atoms with E-state index in [1.807, 2.05) is 0 Å². The lowest BCUT2D eigenvalue weighted by molar-refractivity contribution is -0.150. The summed E-state index contributed by atoms with van der Waals surface area (Å²) in [7, 11) is 0. The van der Waals surface area contributed by atoms with Gasteiger partial charge in [-0.15, -0.1) is 0 Å². The first-order valence-electron chi connectivity index (χ1n) is 16.0. The number of esters is 1. The molecule has 36 heavy (non-hydrogen) atoms. The lowest BCUT2D eigenvalue weighted by atomic mass is 10.0. The molecule has 0 spiro atoms. The van der Waals surface area contributed by atoms with Gasteiger partial charge in [0.2, 0.25) is 0 Å². The molecule has 0 amide bonds. The van der Waals surface area contributed by atoms with Gasteiger partial charge in [0, 0.05) is 12.8 Å². The van der Waals surface area contributed by atoms with Crippen LogP contribution in [-0.4, -0.2) is 23.1 Å². The lowest BCUT2D eigenvalue weighted by Crippen LogP contribution is -2.18. The van der Waals surface area contributed by atoms with Crippen molar-refractivity contribution in [1.82, 2.24) is 0 Å². The Balaban J connectivity index is 4.04. The van der Waals surface area contributed by atoms with E-state index in [1.54, 1.807) is 0 Å². The fourth-order valence-electron chi connectivity index (χ4n) is 4.95. The van der Waals surface area contributed by atoms with E-state index in [9.17, 15) is 9.59 Å². The van der Waals surface area contributed by atoms with Gasteiger partial charge >= 0.3 is 11.9 Å². The number of carboxylic acid groups (broad SMARTS) is 1. The second-order valence-corrected chi connectivity index (χ2v) is 11.0. The molecule has 0 aromatic carbocycles. The Bertz CT molecular complexity index is 477. The molecule has 214 valence electrons. The minimum absolute atomic E-state index is 0.00177. The number of hydrogen-bond donors (Lipinski definition) is 1. The highest BCUT2D eigenvalue weighted by Crippen LogP contribution is 2.19. The summed E-state index contributed by atoms with van der Waals surface area (Å²) < 4.78 is 5.93. The maximum atomic E-state index is 12.5. The van der Waals surface area contributed by atoms with Crippen LogP contribution in [0.2, 0.25) is 0 Å². The molecule has 0 fully saturated rings. The Morgan fingerprint density at radius 1 is 0.500 bits per heavy atom. The van der Waals surface area contributed by atoms with Crippen molar-refractivity contribution >= 4 is 11.9 Å². The molecule has 1 N–H and O–H groups in total. The topological polar surface area (TPSA) is 63.6 Å². The van der Waals surface area contributed by atoms with Crippen LogP contribution in [0.25, 0.3) is 0 Å². The van der Waals surface area contributed by atoms with Crippen LogP contribution < -0.4 is 0 Å². The third kappa shape index (κ3) is 27.5. The van der Waals surface area contributed by atoms with E-state index in [4.69, 9.17) is 9.84 Å². The second-order valence-electron chi connectivity index (χ2n) is 11.0. The molecule has 0 aliphatic heterocycles. The summed E-state index contributed by atoms with van der Waals surface area (Å²) in [6.45, 7) is 4.51. The number of unbranched alkanes of at least 4 members (excludes halogenated alkanes) is 20. The molecule has 0 aliphatic rings. The van der Waals surface area contributed by atoms with E-state index in [1.165, 1.54) is 96.3 Å². The first kappa shape index (κ1) is 34.9. The smallest absolute Gasteiger partial charge is 0.306 e. The quantitative estimate of drug-likeness (QED) is 0.0802. The number of carboxylic acids is 1. The maximum absolute atomic E-state index is 12.5. The first-order chi connectivity index (χ1) is 17.6. The predicted molar refractivity (Wildman–Crippen MR) is 154 cm³/mol. The minimum atomic E-state index is -0.699. The van der Waals surface area contributed by atoms with E-state index < -0.39 is 5.97 Å². The zero-order chi connectivity index (χ0) is 26.5. The Kier molecular flexibility index (Phi) is 27.7. The highest BCUT2D eigenvalue weighted by atomic mass is 16.5. The summed E-state index contributed by atoms with van der Waals surface area (Å²) in [5.74, 6) is -0.701. The number of rotatable bonds is 29. The van der Waals surface area contributed by atoms with Crippen molar-refractivity contribution < 1.29 is 19.4 Å². The monoisotopic (exact) mass is 510 g/mol. The van der Waals surface area contributed by atoms with Crippen molar-refractivity contribution in [3.05, 3.63) is 0 Å². The molecule has 0 aromatic heterocycles. The average Bonchev–Trinajstić information content (AvgIpc) is 2.85.